The predicted octanol–water partition coefficient (Wildman–Crippen LogP) is 4.33. The zero-order chi connectivity index (χ0) is 20.4. The summed E-state index contributed by atoms with van der Waals surface area (Å²) in [7, 11) is 0. The highest BCUT2D eigenvalue weighted by atomic mass is 35.5. The second-order valence-electron chi connectivity index (χ2n) is 8.10. The predicted molar refractivity (Wildman–Crippen MR) is 119 cm³/mol. The topological polar surface area (TPSA) is 26.8 Å². The molecule has 4 nitrogen and oxygen atoms in total. The third kappa shape index (κ3) is 4.95. The largest absolute Gasteiger partial charge is 0.337 e. The van der Waals surface area contributed by atoms with Crippen molar-refractivity contribution in [3.8, 4) is 0 Å². The summed E-state index contributed by atoms with van der Waals surface area (Å²) in [6.45, 7) is 8.78. The summed E-state index contributed by atoms with van der Waals surface area (Å²) in [6, 6.07) is 14.1. The summed E-state index contributed by atoms with van der Waals surface area (Å²) in [5.74, 6) is 0.119. The fourth-order valence-electron chi connectivity index (χ4n) is 4.32. The molecule has 29 heavy (non-hydrogen) atoms. The monoisotopic (exact) mass is 431 g/mol. The first-order valence-electron chi connectivity index (χ1n) is 10.3. The quantitative estimate of drug-likeness (QED) is 0.720. The first-order valence-corrected chi connectivity index (χ1v) is 11.0. The Hall–Kier alpha value is -1.59. The van der Waals surface area contributed by atoms with Crippen LogP contribution in [0, 0.1) is 6.92 Å². The molecule has 0 unspecified atom stereocenters. The molecule has 0 bridgehead atoms. The molecule has 2 aliphatic heterocycles. The number of nitrogens with zero attached hydrogens (tertiary/aromatic N) is 3. The number of rotatable bonds is 4. The van der Waals surface area contributed by atoms with E-state index in [0.717, 1.165) is 68.4 Å². The number of aryl methyl sites for hydroxylation is 1. The molecular formula is C23H27Cl2N3O. The number of piperazine rings is 1. The van der Waals surface area contributed by atoms with E-state index in [1.54, 1.807) is 0 Å². The molecule has 2 fully saturated rings. The number of hydrogen-bond donors (Lipinski definition) is 0. The maximum atomic E-state index is 12.9. The van der Waals surface area contributed by atoms with Crippen molar-refractivity contribution < 1.29 is 4.79 Å². The Morgan fingerprint density at radius 2 is 1.72 bits per heavy atom. The normalized spacial score (nSPS) is 20.9. The lowest BCUT2D eigenvalue weighted by atomic mass is 10.1. The third-order valence-corrected chi connectivity index (χ3v) is 6.77. The standard InChI is InChI=1S/C23H27Cl2N3O/c1-17-14-19(4-7-22(17)25)23(29)28-9-8-21(16-28)27-12-10-26(11-13-27)15-18-2-5-20(24)6-3-18/h2-7,14,21H,8-13,15-16H2,1H3/t21-/m0/s1. The van der Waals surface area contributed by atoms with Crippen molar-refractivity contribution in [1.82, 2.24) is 14.7 Å². The van der Waals surface area contributed by atoms with Gasteiger partial charge in [-0.05, 0) is 54.8 Å². The summed E-state index contributed by atoms with van der Waals surface area (Å²) >= 11 is 12.1. The van der Waals surface area contributed by atoms with Gasteiger partial charge in [-0.25, -0.2) is 0 Å². The van der Waals surface area contributed by atoms with Gasteiger partial charge in [-0.3, -0.25) is 14.6 Å². The Balaban J connectivity index is 1.28. The molecule has 0 aliphatic carbocycles. The van der Waals surface area contributed by atoms with E-state index in [2.05, 4.69) is 21.9 Å². The SMILES string of the molecule is Cc1cc(C(=O)N2CC[C@H](N3CCN(Cc4ccc(Cl)cc4)CC3)C2)ccc1Cl. The summed E-state index contributed by atoms with van der Waals surface area (Å²) in [5.41, 5.74) is 2.99. The second kappa shape index (κ2) is 9.05. The maximum Gasteiger partial charge on any atom is 0.253 e. The van der Waals surface area contributed by atoms with Crippen LogP contribution in [-0.4, -0.2) is 65.9 Å². The lowest BCUT2D eigenvalue weighted by Crippen LogP contribution is -2.50. The van der Waals surface area contributed by atoms with E-state index in [-0.39, 0.29) is 5.91 Å². The third-order valence-electron chi connectivity index (χ3n) is 6.10. The molecule has 0 aromatic heterocycles. The van der Waals surface area contributed by atoms with Crippen LogP contribution in [0.25, 0.3) is 0 Å². The average molecular weight is 432 g/mol. The van der Waals surface area contributed by atoms with Gasteiger partial charge in [-0.15, -0.1) is 0 Å². The van der Waals surface area contributed by atoms with Crippen LogP contribution in [0.5, 0.6) is 0 Å². The van der Waals surface area contributed by atoms with Crippen LogP contribution in [0.1, 0.15) is 27.9 Å². The minimum atomic E-state index is 0.119. The highest BCUT2D eigenvalue weighted by molar-refractivity contribution is 6.31. The van der Waals surface area contributed by atoms with Crippen LogP contribution in [0.3, 0.4) is 0 Å². The molecule has 6 heteroatoms. The molecular weight excluding hydrogens is 405 g/mol. The number of benzene rings is 2. The average Bonchev–Trinajstić information content (AvgIpc) is 3.22. The van der Waals surface area contributed by atoms with Crippen molar-refractivity contribution in [2.45, 2.75) is 25.9 Å². The Kier molecular flexibility index (Phi) is 6.45. The van der Waals surface area contributed by atoms with Gasteiger partial charge in [-0.1, -0.05) is 35.3 Å². The van der Waals surface area contributed by atoms with Crippen molar-refractivity contribution in [2.24, 2.45) is 0 Å². The summed E-state index contributed by atoms with van der Waals surface area (Å²) in [6.07, 6.45) is 1.05. The van der Waals surface area contributed by atoms with E-state index >= 15 is 0 Å². The molecule has 0 radical (unpaired) electrons. The minimum Gasteiger partial charge on any atom is -0.337 e. The van der Waals surface area contributed by atoms with E-state index < -0.39 is 0 Å². The first kappa shape index (κ1) is 20.7. The van der Waals surface area contributed by atoms with Crippen molar-refractivity contribution in [2.75, 3.05) is 39.3 Å². The highest BCUT2D eigenvalue weighted by Crippen LogP contribution is 2.22. The van der Waals surface area contributed by atoms with Gasteiger partial charge in [0.15, 0.2) is 0 Å². The van der Waals surface area contributed by atoms with Gasteiger partial charge in [0.25, 0.3) is 5.91 Å². The molecule has 0 N–H and O–H groups in total. The van der Waals surface area contributed by atoms with Gasteiger partial charge in [0.05, 0.1) is 0 Å². The second-order valence-corrected chi connectivity index (χ2v) is 8.94. The van der Waals surface area contributed by atoms with Crippen molar-refractivity contribution >= 4 is 29.1 Å². The van der Waals surface area contributed by atoms with Crippen LogP contribution in [0.15, 0.2) is 42.5 Å². The molecule has 0 saturated carbocycles. The highest BCUT2D eigenvalue weighted by Gasteiger charge is 2.32. The van der Waals surface area contributed by atoms with Gasteiger partial charge in [0.1, 0.15) is 0 Å². The van der Waals surface area contributed by atoms with E-state index in [9.17, 15) is 4.79 Å². The first-order chi connectivity index (χ1) is 14.0. The molecule has 2 saturated heterocycles. The molecule has 2 aliphatic rings. The molecule has 4 rings (SSSR count). The molecule has 1 atom stereocenters. The molecule has 1 amide bonds. The van der Waals surface area contributed by atoms with Gasteiger partial charge in [0.2, 0.25) is 0 Å². The smallest absolute Gasteiger partial charge is 0.253 e. The lowest BCUT2D eigenvalue weighted by molar-refractivity contribution is 0.0734. The van der Waals surface area contributed by atoms with E-state index in [1.165, 1.54) is 5.56 Å². The van der Waals surface area contributed by atoms with E-state index in [4.69, 9.17) is 23.2 Å². The molecule has 154 valence electrons. The van der Waals surface area contributed by atoms with Gasteiger partial charge >= 0.3 is 0 Å². The van der Waals surface area contributed by atoms with Crippen LogP contribution in [0.4, 0.5) is 0 Å². The fraction of sp³-hybridized carbons (Fsp3) is 0.435. The lowest BCUT2D eigenvalue weighted by Gasteiger charge is -2.38. The number of carbonyl (C=O) groups excluding carboxylic acids is 1. The number of likely N-dealkylation sites (tertiary alicyclic amines) is 1. The Morgan fingerprint density at radius 1 is 1.00 bits per heavy atom. The zero-order valence-corrected chi connectivity index (χ0v) is 18.3. The number of carbonyl (C=O) groups is 1. The van der Waals surface area contributed by atoms with Crippen LogP contribution < -0.4 is 0 Å². The molecule has 2 aromatic rings. The van der Waals surface area contributed by atoms with Gasteiger partial charge in [-0.2, -0.15) is 0 Å². The van der Waals surface area contributed by atoms with Crippen molar-refractivity contribution in [1.29, 1.82) is 0 Å². The number of amides is 1. The Labute approximate surface area is 183 Å². The van der Waals surface area contributed by atoms with Crippen LogP contribution in [-0.2, 0) is 6.54 Å². The summed E-state index contributed by atoms with van der Waals surface area (Å²) < 4.78 is 0. The maximum absolute atomic E-state index is 12.9. The fourth-order valence-corrected chi connectivity index (χ4v) is 4.56. The summed E-state index contributed by atoms with van der Waals surface area (Å²) in [4.78, 5) is 19.9. The zero-order valence-electron chi connectivity index (χ0n) is 16.8. The summed E-state index contributed by atoms with van der Waals surface area (Å²) in [5, 5.41) is 1.49. The Morgan fingerprint density at radius 3 is 2.41 bits per heavy atom. The Bertz CT molecular complexity index is 863. The molecule has 2 heterocycles. The van der Waals surface area contributed by atoms with Crippen molar-refractivity contribution in [3.05, 3.63) is 69.2 Å². The van der Waals surface area contributed by atoms with E-state index in [0.29, 0.717) is 11.1 Å². The number of hydrogen-bond acceptors (Lipinski definition) is 3. The molecule has 0 spiro atoms. The van der Waals surface area contributed by atoms with E-state index in [1.807, 2.05) is 42.2 Å². The van der Waals surface area contributed by atoms with Gasteiger partial charge in [0, 0.05) is 67.5 Å². The van der Waals surface area contributed by atoms with Gasteiger partial charge < -0.3 is 4.90 Å². The van der Waals surface area contributed by atoms with Crippen LogP contribution >= 0.6 is 23.2 Å². The molecule has 2 aromatic carbocycles. The van der Waals surface area contributed by atoms with Crippen LogP contribution in [0.2, 0.25) is 10.0 Å². The minimum absolute atomic E-state index is 0.119. The van der Waals surface area contributed by atoms with Crippen molar-refractivity contribution in [3.63, 3.8) is 0 Å². The number of halogens is 2.